The minimum atomic E-state index is 0.889. The number of terminal acetylenes is 1. The van der Waals surface area contributed by atoms with Gasteiger partial charge in [0, 0.05) is 5.56 Å². The molecule has 0 aliphatic carbocycles. The lowest BCUT2D eigenvalue weighted by Crippen LogP contribution is -1.73. The smallest absolute Gasteiger partial charge is 0.0248 e. The fraction of sp³-hybridized carbons (Fsp3) is 0.111. The van der Waals surface area contributed by atoms with Gasteiger partial charge in [0.25, 0.3) is 0 Å². The van der Waals surface area contributed by atoms with Gasteiger partial charge >= 0.3 is 0 Å². The summed E-state index contributed by atoms with van der Waals surface area (Å²) in [5.74, 6) is 2.52. The predicted molar refractivity (Wildman–Crippen MR) is 38.0 cm³/mol. The molecule has 9 heavy (non-hydrogen) atoms. The second kappa shape index (κ2) is 2.37. The van der Waals surface area contributed by atoms with Crippen LogP contribution in [0.15, 0.2) is 18.2 Å². The summed E-state index contributed by atoms with van der Waals surface area (Å²) in [5, 5.41) is 0. The molecule has 0 heterocycles. The molecular formula is C9H7. The summed E-state index contributed by atoms with van der Waals surface area (Å²) in [5.41, 5.74) is 2.01. The zero-order valence-corrected chi connectivity index (χ0v) is 5.31. The molecule has 0 N–H and O–H groups in total. The Morgan fingerprint density at radius 1 is 1.56 bits per heavy atom. The molecule has 0 aromatic heterocycles. The van der Waals surface area contributed by atoms with Crippen LogP contribution in [0.1, 0.15) is 11.1 Å². The summed E-state index contributed by atoms with van der Waals surface area (Å²) in [6.45, 7) is 1.99. The first kappa shape index (κ1) is 5.91. The van der Waals surface area contributed by atoms with Crippen molar-refractivity contribution in [3.8, 4) is 12.3 Å². The van der Waals surface area contributed by atoms with Gasteiger partial charge in [-0.15, -0.1) is 6.42 Å². The normalized spacial score (nSPS) is 8.44. The molecule has 0 aliphatic heterocycles. The molecule has 0 heteroatoms. The lowest BCUT2D eigenvalue weighted by atomic mass is 10.2. The molecule has 0 fully saturated rings. The van der Waals surface area contributed by atoms with Crippen LogP contribution in [-0.2, 0) is 0 Å². The van der Waals surface area contributed by atoms with Gasteiger partial charge in [-0.2, -0.15) is 0 Å². The quantitative estimate of drug-likeness (QED) is 0.452. The molecule has 0 amide bonds. The maximum absolute atomic E-state index is 5.13. The van der Waals surface area contributed by atoms with E-state index < -0.39 is 0 Å². The van der Waals surface area contributed by atoms with Crippen molar-refractivity contribution in [2.75, 3.05) is 0 Å². The van der Waals surface area contributed by atoms with E-state index in [2.05, 4.69) is 12.0 Å². The molecule has 0 saturated carbocycles. The Morgan fingerprint density at radius 2 is 2.33 bits per heavy atom. The van der Waals surface area contributed by atoms with Crippen molar-refractivity contribution >= 4 is 0 Å². The SMILES string of the molecule is C#Cc1c[c]c(C)cc1. The Labute approximate surface area is 55.5 Å². The molecule has 43 valence electrons. The summed E-state index contributed by atoms with van der Waals surface area (Å²) in [4.78, 5) is 0. The molecule has 1 aromatic carbocycles. The van der Waals surface area contributed by atoms with Crippen LogP contribution in [-0.4, -0.2) is 0 Å². The van der Waals surface area contributed by atoms with E-state index in [-0.39, 0.29) is 0 Å². The third-order valence-electron chi connectivity index (χ3n) is 1.13. The number of benzene rings is 1. The highest BCUT2D eigenvalue weighted by Crippen LogP contribution is 1.98. The molecule has 0 saturated heterocycles. The summed E-state index contributed by atoms with van der Waals surface area (Å²) in [6, 6.07) is 8.69. The average Bonchev–Trinajstić information content (AvgIpc) is 1.90. The standard InChI is InChI=1S/C9H7/c1-3-9-6-4-8(2)5-7-9/h1,4,6-7H,2H3. The molecule has 1 radical (unpaired) electrons. The second-order valence-electron chi connectivity index (χ2n) is 1.90. The van der Waals surface area contributed by atoms with Crippen LogP contribution in [0, 0.1) is 25.3 Å². The van der Waals surface area contributed by atoms with Gasteiger partial charge in [-0.05, 0) is 30.7 Å². The van der Waals surface area contributed by atoms with Crippen LogP contribution >= 0.6 is 0 Å². The van der Waals surface area contributed by atoms with Crippen molar-refractivity contribution in [1.82, 2.24) is 0 Å². The van der Waals surface area contributed by atoms with Crippen molar-refractivity contribution in [1.29, 1.82) is 0 Å². The highest BCUT2D eigenvalue weighted by molar-refractivity contribution is 5.32. The maximum atomic E-state index is 5.13. The first-order chi connectivity index (χ1) is 4.33. The first-order valence-electron chi connectivity index (χ1n) is 2.78. The van der Waals surface area contributed by atoms with Crippen LogP contribution in [0.2, 0.25) is 0 Å². The van der Waals surface area contributed by atoms with E-state index in [1.54, 1.807) is 0 Å². The van der Waals surface area contributed by atoms with E-state index >= 15 is 0 Å². The Hall–Kier alpha value is -1.22. The Kier molecular flexibility index (Phi) is 1.55. The van der Waals surface area contributed by atoms with Crippen LogP contribution in [0.4, 0.5) is 0 Å². The molecule has 0 aliphatic rings. The third kappa shape index (κ3) is 1.33. The zero-order valence-electron chi connectivity index (χ0n) is 5.31. The van der Waals surface area contributed by atoms with Crippen LogP contribution < -0.4 is 0 Å². The van der Waals surface area contributed by atoms with E-state index in [1.165, 1.54) is 0 Å². The van der Waals surface area contributed by atoms with Crippen LogP contribution in [0.5, 0.6) is 0 Å². The second-order valence-corrected chi connectivity index (χ2v) is 1.90. The summed E-state index contributed by atoms with van der Waals surface area (Å²) in [7, 11) is 0. The molecule has 0 bridgehead atoms. The van der Waals surface area contributed by atoms with Gasteiger partial charge < -0.3 is 0 Å². The summed E-state index contributed by atoms with van der Waals surface area (Å²) < 4.78 is 0. The van der Waals surface area contributed by atoms with Gasteiger partial charge in [0.1, 0.15) is 0 Å². The monoisotopic (exact) mass is 115 g/mol. The molecule has 1 rings (SSSR count). The van der Waals surface area contributed by atoms with Crippen molar-refractivity contribution in [3.05, 3.63) is 35.4 Å². The largest absolute Gasteiger partial charge is 0.115 e. The van der Waals surface area contributed by atoms with Crippen molar-refractivity contribution in [3.63, 3.8) is 0 Å². The summed E-state index contributed by atoms with van der Waals surface area (Å²) >= 11 is 0. The van der Waals surface area contributed by atoms with E-state index in [4.69, 9.17) is 6.42 Å². The van der Waals surface area contributed by atoms with E-state index in [1.807, 2.05) is 25.1 Å². The highest BCUT2D eigenvalue weighted by Gasteiger charge is 1.83. The molecular weight excluding hydrogens is 108 g/mol. The van der Waals surface area contributed by atoms with Crippen LogP contribution in [0.3, 0.4) is 0 Å². The molecule has 0 unspecified atom stereocenters. The van der Waals surface area contributed by atoms with Gasteiger partial charge in [-0.3, -0.25) is 0 Å². The Morgan fingerprint density at radius 3 is 2.78 bits per heavy atom. The van der Waals surface area contributed by atoms with E-state index in [0.29, 0.717) is 0 Å². The number of aryl methyl sites for hydroxylation is 1. The van der Waals surface area contributed by atoms with E-state index in [9.17, 15) is 0 Å². The lowest BCUT2D eigenvalue weighted by molar-refractivity contribution is 1.45. The van der Waals surface area contributed by atoms with Gasteiger partial charge in [0.2, 0.25) is 0 Å². The maximum Gasteiger partial charge on any atom is 0.0248 e. The van der Waals surface area contributed by atoms with Crippen LogP contribution in [0.25, 0.3) is 0 Å². The minimum absolute atomic E-state index is 0.889. The van der Waals surface area contributed by atoms with E-state index in [0.717, 1.165) is 11.1 Å². The molecule has 0 atom stereocenters. The molecule has 0 nitrogen and oxygen atoms in total. The number of rotatable bonds is 0. The third-order valence-corrected chi connectivity index (χ3v) is 1.13. The van der Waals surface area contributed by atoms with Gasteiger partial charge in [-0.25, -0.2) is 0 Å². The lowest BCUT2D eigenvalue weighted by Gasteiger charge is -1.88. The van der Waals surface area contributed by atoms with Gasteiger partial charge in [-0.1, -0.05) is 12.0 Å². The molecule has 1 aromatic rings. The number of hydrogen-bond acceptors (Lipinski definition) is 0. The highest BCUT2D eigenvalue weighted by atomic mass is 13.9. The van der Waals surface area contributed by atoms with Crippen molar-refractivity contribution in [2.24, 2.45) is 0 Å². The minimum Gasteiger partial charge on any atom is -0.115 e. The van der Waals surface area contributed by atoms with Crippen molar-refractivity contribution < 1.29 is 0 Å². The first-order valence-corrected chi connectivity index (χ1v) is 2.78. The van der Waals surface area contributed by atoms with Gasteiger partial charge in [0.05, 0.1) is 0 Å². The Bertz CT molecular complexity index is 223. The van der Waals surface area contributed by atoms with Gasteiger partial charge in [0.15, 0.2) is 0 Å². The van der Waals surface area contributed by atoms with Crippen molar-refractivity contribution in [2.45, 2.75) is 6.92 Å². The number of hydrogen-bond donors (Lipinski definition) is 0. The average molecular weight is 115 g/mol. The Balaban J connectivity index is 3.06. The zero-order chi connectivity index (χ0) is 6.69. The topological polar surface area (TPSA) is 0 Å². The predicted octanol–water partition coefficient (Wildman–Crippen LogP) is 1.78. The fourth-order valence-corrected chi connectivity index (χ4v) is 0.592. The molecule has 0 spiro atoms. The fourth-order valence-electron chi connectivity index (χ4n) is 0.592. The summed E-state index contributed by atoms with van der Waals surface area (Å²) in [6.07, 6.45) is 5.13.